The number of aromatic amines is 1. The molecule has 1 unspecified atom stereocenters. The number of para-hydroxylation sites is 1. The van der Waals surface area contributed by atoms with Gasteiger partial charge in [-0.05, 0) is 18.9 Å². The second-order valence-corrected chi connectivity index (χ2v) is 6.35. The summed E-state index contributed by atoms with van der Waals surface area (Å²) in [6, 6.07) is 8.02. The number of halogens is 1. The first-order chi connectivity index (χ1) is 11.8. The Hall–Kier alpha value is -2.05. The number of amides is 1. The van der Waals surface area contributed by atoms with E-state index in [9.17, 15) is 4.79 Å². The molecule has 1 aromatic carbocycles. The summed E-state index contributed by atoms with van der Waals surface area (Å²) >= 11 is 0. The Morgan fingerprint density at radius 2 is 2.20 bits per heavy atom. The number of methoxy groups -OCH3 is 1. The Balaban J connectivity index is 0.00000182. The molecule has 0 spiro atoms. The summed E-state index contributed by atoms with van der Waals surface area (Å²) in [5.41, 5.74) is 3.76. The number of likely N-dealkylation sites (tertiary alicyclic amines) is 1. The fourth-order valence-electron chi connectivity index (χ4n) is 3.81. The molecule has 0 aliphatic carbocycles. The molecule has 0 bridgehead atoms. The molecule has 0 saturated carbocycles. The highest BCUT2D eigenvalue weighted by Crippen LogP contribution is 2.38. The van der Waals surface area contributed by atoms with Crippen LogP contribution in [0.25, 0.3) is 0 Å². The number of hydrogen-bond donors (Lipinski definition) is 2. The third kappa shape index (κ3) is 3.12. The molecule has 1 fully saturated rings. The van der Waals surface area contributed by atoms with E-state index in [4.69, 9.17) is 4.74 Å². The minimum absolute atomic E-state index is 0. The van der Waals surface area contributed by atoms with E-state index < -0.39 is 0 Å². The lowest BCUT2D eigenvalue weighted by molar-refractivity contribution is 0.0727. The number of aromatic nitrogens is 2. The third-order valence-corrected chi connectivity index (χ3v) is 5.02. The van der Waals surface area contributed by atoms with Gasteiger partial charge in [0.15, 0.2) is 5.69 Å². The SMILES string of the molecule is COc1ccccc1C1CCCN1C(=O)c1n[nH]c2c1CNCC2.Cl. The summed E-state index contributed by atoms with van der Waals surface area (Å²) in [7, 11) is 1.68. The Morgan fingerprint density at radius 3 is 3.04 bits per heavy atom. The van der Waals surface area contributed by atoms with Crippen molar-refractivity contribution in [1.29, 1.82) is 0 Å². The van der Waals surface area contributed by atoms with Gasteiger partial charge >= 0.3 is 0 Å². The first-order valence-electron chi connectivity index (χ1n) is 8.50. The Morgan fingerprint density at radius 1 is 1.36 bits per heavy atom. The van der Waals surface area contributed by atoms with Crippen molar-refractivity contribution in [3.05, 3.63) is 46.8 Å². The first kappa shape index (κ1) is 17.8. The molecular weight excluding hydrogens is 340 g/mol. The van der Waals surface area contributed by atoms with Crippen LogP contribution in [0.5, 0.6) is 5.75 Å². The van der Waals surface area contributed by atoms with Gasteiger partial charge in [0.2, 0.25) is 0 Å². The summed E-state index contributed by atoms with van der Waals surface area (Å²) < 4.78 is 5.50. The van der Waals surface area contributed by atoms with Gasteiger partial charge in [-0.3, -0.25) is 9.89 Å². The van der Waals surface area contributed by atoms with Crippen molar-refractivity contribution in [3.63, 3.8) is 0 Å². The molecule has 2 aromatic rings. The average Bonchev–Trinajstić information content (AvgIpc) is 3.28. The van der Waals surface area contributed by atoms with Crippen LogP contribution < -0.4 is 10.1 Å². The number of rotatable bonds is 3. The van der Waals surface area contributed by atoms with E-state index in [1.54, 1.807) is 7.11 Å². The number of hydrogen-bond acceptors (Lipinski definition) is 4. The molecule has 2 aliphatic heterocycles. The Bertz CT molecular complexity index is 761. The van der Waals surface area contributed by atoms with Crippen molar-refractivity contribution in [2.75, 3.05) is 20.2 Å². The third-order valence-electron chi connectivity index (χ3n) is 5.02. The Labute approximate surface area is 153 Å². The highest BCUT2D eigenvalue weighted by molar-refractivity contribution is 5.94. The molecule has 2 N–H and O–H groups in total. The van der Waals surface area contributed by atoms with Crippen molar-refractivity contribution in [1.82, 2.24) is 20.4 Å². The van der Waals surface area contributed by atoms with Crippen LogP contribution in [0.2, 0.25) is 0 Å². The van der Waals surface area contributed by atoms with Gasteiger partial charge in [0, 0.05) is 42.9 Å². The predicted octanol–water partition coefficient (Wildman–Crippen LogP) is 2.46. The smallest absolute Gasteiger partial charge is 0.275 e. The summed E-state index contributed by atoms with van der Waals surface area (Å²) in [4.78, 5) is 15.1. The largest absolute Gasteiger partial charge is 0.496 e. The summed E-state index contributed by atoms with van der Waals surface area (Å²) in [5, 5.41) is 10.7. The Kier molecular flexibility index (Phi) is 5.30. The van der Waals surface area contributed by atoms with Crippen LogP contribution in [0.4, 0.5) is 0 Å². The molecule has 134 valence electrons. The molecule has 25 heavy (non-hydrogen) atoms. The number of H-pyrrole nitrogens is 1. The molecule has 1 amide bonds. The van der Waals surface area contributed by atoms with Crippen LogP contribution in [0.1, 0.15) is 46.2 Å². The molecule has 4 rings (SSSR count). The van der Waals surface area contributed by atoms with Gasteiger partial charge < -0.3 is 15.0 Å². The maximum atomic E-state index is 13.1. The quantitative estimate of drug-likeness (QED) is 0.880. The maximum absolute atomic E-state index is 13.1. The minimum Gasteiger partial charge on any atom is -0.496 e. The van der Waals surface area contributed by atoms with Crippen molar-refractivity contribution in [3.8, 4) is 5.75 Å². The minimum atomic E-state index is 0. The van der Waals surface area contributed by atoms with Crippen LogP contribution in [-0.4, -0.2) is 41.2 Å². The molecular formula is C18H23ClN4O2. The van der Waals surface area contributed by atoms with Crippen LogP contribution in [0, 0.1) is 0 Å². The van der Waals surface area contributed by atoms with E-state index in [1.165, 1.54) is 0 Å². The van der Waals surface area contributed by atoms with Gasteiger partial charge in [0.25, 0.3) is 5.91 Å². The zero-order valence-corrected chi connectivity index (χ0v) is 15.1. The fourth-order valence-corrected chi connectivity index (χ4v) is 3.81. The van der Waals surface area contributed by atoms with E-state index in [-0.39, 0.29) is 24.4 Å². The van der Waals surface area contributed by atoms with Crippen molar-refractivity contribution >= 4 is 18.3 Å². The highest BCUT2D eigenvalue weighted by Gasteiger charge is 2.35. The van der Waals surface area contributed by atoms with Crippen LogP contribution in [0.15, 0.2) is 24.3 Å². The molecule has 6 nitrogen and oxygen atoms in total. The molecule has 0 radical (unpaired) electrons. The van der Waals surface area contributed by atoms with E-state index in [0.717, 1.165) is 54.9 Å². The number of nitrogens with one attached hydrogen (secondary N) is 2. The fraction of sp³-hybridized carbons (Fsp3) is 0.444. The van der Waals surface area contributed by atoms with E-state index in [2.05, 4.69) is 21.6 Å². The average molecular weight is 363 g/mol. The summed E-state index contributed by atoms with van der Waals surface area (Å²) in [5.74, 6) is 0.859. The second-order valence-electron chi connectivity index (χ2n) is 6.35. The molecule has 1 saturated heterocycles. The van der Waals surface area contributed by atoms with Gasteiger partial charge in [-0.15, -0.1) is 12.4 Å². The molecule has 7 heteroatoms. The topological polar surface area (TPSA) is 70.2 Å². The lowest BCUT2D eigenvalue weighted by atomic mass is 10.0. The number of benzene rings is 1. The number of ether oxygens (including phenoxy) is 1. The van der Waals surface area contributed by atoms with Crippen LogP contribution >= 0.6 is 12.4 Å². The zero-order valence-electron chi connectivity index (χ0n) is 14.2. The predicted molar refractivity (Wildman–Crippen MR) is 97.3 cm³/mol. The van der Waals surface area contributed by atoms with Crippen molar-refractivity contribution < 1.29 is 9.53 Å². The summed E-state index contributed by atoms with van der Waals surface area (Å²) in [6.07, 6.45) is 2.85. The summed E-state index contributed by atoms with van der Waals surface area (Å²) in [6.45, 7) is 2.40. The number of carbonyl (C=O) groups is 1. The molecule has 1 atom stereocenters. The number of nitrogens with zero attached hydrogens (tertiary/aromatic N) is 2. The van der Waals surface area contributed by atoms with Crippen molar-refractivity contribution in [2.24, 2.45) is 0 Å². The zero-order chi connectivity index (χ0) is 16.5. The van der Waals surface area contributed by atoms with Crippen LogP contribution in [0.3, 0.4) is 0 Å². The van der Waals surface area contributed by atoms with Crippen molar-refractivity contribution in [2.45, 2.75) is 31.8 Å². The van der Waals surface area contributed by atoms with Gasteiger partial charge in [-0.2, -0.15) is 5.10 Å². The lowest BCUT2D eigenvalue weighted by Crippen LogP contribution is -2.33. The normalized spacial score (nSPS) is 19.2. The second kappa shape index (κ2) is 7.45. The van der Waals surface area contributed by atoms with Gasteiger partial charge in [-0.1, -0.05) is 18.2 Å². The van der Waals surface area contributed by atoms with Crippen LogP contribution in [-0.2, 0) is 13.0 Å². The van der Waals surface area contributed by atoms with Gasteiger partial charge in [0.1, 0.15) is 5.75 Å². The van der Waals surface area contributed by atoms with Gasteiger partial charge in [-0.25, -0.2) is 0 Å². The van der Waals surface area contributed by atoms with E-state index >= 15 is 0 Å². The van der Waals surface area contributed by atoms with Gasteiger partial charge in [0.05, 0.1) is 13.2 Å². The van der Waals surface area contributed by atoms with E-state index in [0.29, 0.717) is 12.2 Å². The standard InChI is InChI=1S/C18H22N4O2.ClH/c1-24-16-7-3-2-5-12(16)15-6-4-10-22(15)18(23)17-13-11-19-9-8-14(13)20-21-17;/h2-3,5,7,15,19H,4,6,8-11H2,1H3,(H,20,21);1H. The van der Waals surface area contributed by atoms with E-state index in [1.807, 2.05) is 23.1 Å². The highest BCUT2D eigenvalue weighted by atomic mass is 35.5. The molecule has 2 aliphatic rings. The number of carbonyl (C=O) groups excluding carboxylic acids is 1. The lowest BCUT2D eigenvalue weighted by Gasteiger charge is -2.26. The maximum Gasteiger partial charge on any atom is 0.275 e. The molecule has 3 heterocycles. The molecule has 1 aromatic heterocycles. The first-order valence-corrected chi connectivity index (χ1v) is 8.50. The monoisotopic (exact) mass is 362 g/mol. The number of fused-ring (bicyclic) bond motifs is 1.